The lowest BCUT2D eigenvalue weighted by Gasteiger charge is -2.29. The molecule has 10 heteroatoms. The highest BCUT2D eigenvalue weighted by atomic mass is 16.5. The highest BCUT2D eigenvalue weighted by Crippen LogP contribution is 2.43. The molecule has 5 N–H and O–H groups in total. The van der Waals surface area contributed by atoms with Gasteiger partial charge in [-0.2, -0.15) is 0 Å². The first-order valence-corrected chi connectivity index (χ1v) is 12.2. The number of para-hydroxylation sites is 1. The number of ether oxygens (including phenoxy) is 3. The third kappa shape index (κ3) is 7.77. The largest absolute Gasteiger partial charge is 0.497 e. The van der Waals surface area contributed by atoms with Gasteiger partial charge >= 0.3 is 11.9 Å². The second kappa shape index (κ2) is 13.9. The number of hydrogen-bond acceptors (Lipinski definition) is 8. The molecule has 2 aromatic rings. The van der Waals surface area contributed by atoms with Gasteiger partial charge in [0.15, 0.2) is 0 Å². The first-order chi connectivity index (χ1) is 18.7. The summed E-state index contributed by atoms with van der Waals surface area (Å²) < 4.78 is 16.7. The summed E-state index contributed by atoms with van der Waals surface area (Å²) in [5.41, 5.74) is 0.824. The fourth-order valence-corrected chi connectivity index (χ4v) is 4.18. The molecule has 0 radical (unpaired) electrons. The van der Waals surface area contributed by atoms with Gasteiger partial charge in [0.25, 0.3) is 0 Å². The monoisotopic (exact) mass is 536 g/mol. The van der Waals surface area contributed by atoms with Gasteiger partial charge in [0.05, 0.1) is 30.7 Å². The van der Waals surface area contributed by atoms with Crippen LogP contribution in [0.5, 0.6) is 17.2 Å². The van der Waals surface area contributed by atoms with Gasteiger partial charge in [-0.05, 0) is 44.2 Å². The number of carboxylic acids is 2. The van der Waals surface area contributed by atoms with E-state index in [2.05, 4.69) is 22.5 Å². The Morgan fingerprint density at radius 1 is 0.974 bits per heavy atom. The fraction of sp³-hybridized carbons (Fsp3) is 0.310. The third-order valence-corrected chi connectivity index (χ3v) is 5.95. The number of methoxy groups -OCH3 is 1. The van der Waals surface area contributed by atoms with Gasteiger partial charge in [-0.3, -0.25) is 0 Å². The molecule has 0 aliphatic carbocycles. The minimum absolute atomic E-state index is 0.0259. The van der Waals surface area contributed by atoms with Crippen LogP contribution in [0.15, 0.2) is 71.1 Å². The van der Waals surface area contributed by atoms with E-state index in [4.69, 9.17) is 14.2 Å². The van der Waals surface area contributed by atoms with Crippen LogP contribution in [0, 0.1) is 11.8 Å². The molecular formula is C29H32N2O8. The quantitative estimate of drug-likeness (QED) is 0.203. The smallest absolute Gasteiger partial charge is 0.334 e. The van der Waals surface area contributed by atoms with Crippen molar-refractivity contribution in [3.63, 3.8) is 0 Å². The SMILES string of the molecule is COc1ccc(OCC#CCNC[C@H](O)COc2ccccc2)c(C2C(C(=O)O)=C(C)NC(C)=C2C(=O)O)c1. The number of benzene rings is 2. The van der Waals surface area contributed by atoms with Crippen LogP contribution in [0.25, 0.3) is 0 Å². The van der Waals surface area contributed by atoms with Crippen LogP contribution in [-0.4, -0.2) is 66.8 Å². The van der Waals surface area contributed by atoms with Crippen molar-refractivity contribution in [2.45, 2.75) is 25.9 Å². The van der Waals surface area contributed by atoms with Crippen LogP contribution < -0.4 is 24.8 Å². The lowest BCUT2D eigenvalue weighted by molar-refractivity contribution is -0.133. The van der Waals surface area contributed by atoms with Gasteiger partial charge in [0.1, 0.15) is 36.6 Å². The van der Waals surface area contributed by atoms with Crippen LogP contribution in [0.2, 0.25) is 0 Å². The second-order valence-corrected chi connectivity index (χ2v) is 8.70. The number of carbonyl (C=O) groups is 2. The molecular weight excluding hydrogens is 504 g/mol. The van der Waals surface area contributed by atoms with Gasteiger partial charge in [-0.25, -0.2) is 9.59 Å². The number of aliphatic hydroxyl groups excluding tert-OH is 1. The molecule has 1 aliphatic rings. The van der Waals surface area contributed by atoms with Crippen molar-refractivity contribution in [3.05, 3.63) is 76.6 Å². The summed E-state index contributed by atoms with van der Waals surface area (Å²) in [5, 5.41) is 35.8. The molecule has 1 aliphatic heterocycles. The van der Waals surface area contributed by atoms with Gasteiger partial charge in [-0.1, -0.05) is 30.0 Å². The van der Waals surface area contributed by atoms with Crippen molar-refractivity contribution in [1.29, 1.82) is 0 Å². The zero-order valence-corrected chi connectivity index (χ0v) is 22.0. The zero-order valence-electron chi connectivity index (χ0n) is 22.0. The van der Waals surface area contributed by atoms with E-state index in [-0.39, 0.29) is 36.7 Å². The molecule has 0 saturated heterocycles. The summed E-state index contributed by atoms with van der Waals surface area (Å²) in [7, 11) is 1.46. The minimum Gasteiger partial charge on any atom is -0.497 e. The number of rotatable bonds is 12. The van der Waals surface area contributed by atoms with E-state index in [0.717, 1.165) is 0 Å². The molecule has 2 aromatic carbocycles. The second-order valence-electron chi connectivity index (χ2n) is 8.70. The zero-order chi connectivity index (χ0) is 28.4. The highest BCUT2D eigenvalue weighted by Gasteiger charge is 2.38. The maximum absolute atomic E-state index is 12.2. The number of aliphatic carboxylic acids is 2. The molecule has 206 valence electrons. The molecule has 39 heavy (non-hydrogen) atoms. The number of hydrogen-bond donors (Lipinski definition) is 5. The maximum atomic E-state index is 12.2. The molecule has 1 atom stereocenters. The molecule has 0 aromatic heterocycles. The first-order valence-electron chi connectivity index (χ1n) is 12.2. The Labute approximate surface area is 226 Å². The molecule has 1 heterocycles. The van der Waals surface area contributed by atoms with E-state index in [9.17, 15) is 24.9 Å². The average molecular weight is 537 g/mol. The molecule has 0 saturated carbocycles. The van der Waals surface area contributed by atoms with Crippen molar-refractivity contribution >= 4 is 11.9 Å². The van der Waals surface area contributed by atoms with E-state index in [1.165, 1.54) is 7.11 Å². The first kappa shape index (κ1) is 29.1. The van der Waals surface area contributed by atoms with Crippen LogP contribution in [-0.2, 0) is 9.59 Å². The Balaban J connectivity index is 1.66. The van der Waals surface area contributed by atoms with E-state index in [1.807, 2.05) is 30.3 Å². The fourth-order valence-electron chi connectivity index (χ4n) is 4.18. The third-order valence-electron chi connectivity index (χ3n) is 5.95. The van der Waals surface area contributed by atoms with Gasteiger partial charge in [0.2, 0.25) is 0 Å². The maximum Gasteiger partial charge on any atom is 0.334 e. The molecule has 0 fully saturated rings. The normalized spacial score (nSPS) is 14.2. The van der Waals surface area contributed by atoms with Crippen LogP contribution >= 0.6 is 0 Å². The van der Waals surface area contributed by atoms with Crippen LogP contribution in [0.3, 0.4) is 0 Å². The topological polar surface area (TPSA) is 147 Å². The van der Waals surface area contributed by atoms with Crippen molar-refractivity contribution in [1.82, 2.24) is 10.6 Å². The minimum atomic E-state index is -1.24. The van der Waals surface area contributed by atoms with Gasteiger partial charge in [0, 0.05) is 23.5 Å². The number of nitrogens with one attached hydrogen (secondary N) is 2. The lowest BCUT2D eigenvalue weighted by Crippen LogP contribution is -2.31. The van der Waals surface area contributed by atoms with Gasteiger partial charge in [-0.15, -0.1) is 0 Å². The predicted molar refractivity (Wildman–Crippen MR) is 144 cm³/mol. The Morgan fingerprint density at radius 3 is 2.26 bits per heavy atom. The summed E-state index contributed by atoms with van der Waals surface area (Å²) in [6.07, 6.45) is -0.713. The highest BCUT2D eigenvalue weighted by molar-refractivity contribution is 5.98. The van der Waals surface area contributed by atoms with E-state index in [0.29, 0.717) is 35.0 Å². The van der Waals surface area contributed by atoms with Crippen molar-refractivity contribution in [2.75, 3.05) is 33.4 Å². The standard InChI is InChI=1S/C29H32N2O8/c1-18-25(28(33)34)27(26(29(35)36)19(2)31-18)23-15-22(37-3)11-12-24(23)38-14-8-7-13-30-16-20(32)17-39-21-9-5-4-6-10-21/h4-6,9-12,15,20,27,30-32H,13-14,16-17H2,1-3H3,(H,33,34)(H,35,36)/t20-/m0/s1. The molecule has 3 rings (SSSR count). The Kier molecular flexibility index (Phi) is 10.4. The van der Waals surface area contributed by atoms with E-state index >= 15 is 0 Å². The van der Waals surface area contributed by atoms with Crippen molar-refractivity contribution in [3.8, 4) is 29.1 Å². The average Bonchev–Trinajstić information content (AvgIpc) is 2.91. The number of aliphatic hydroxyl groups is 1. The number of carboxylic acid groups (broad SMARTS) is 2. The summed E-state index contributed by atoms with van der Waals surface area (Å²) in [5.74, 6) is 3.56. The lowest BCUT2D eigenvalue weighted by atomic mass is 9.80. The van der Waals surface area contributed by atoms with Gasteiger partial charge < -0.3 is 40.2 Å². The van der Waals surface area contributed by atoms with Crippen molar-refractivity contribution < 1.29 is 39.1 Å². The Bertz CT molecular complexity index is 1270. The molecule has 0 bridgehead atoms. The number of allylic oxidation sites excluding steroid dienone is 2. The number of dihydropyridines is 1. The molecule has 10 nitrogen and oxygen atoms in total. The van der Waals surface area contributed by atoms with Crippen LogP contribution in [0.1, 0.15) is 25.3 Å². The molecule has 0 unspecified atom stereocenters. The Morgan fingerprint density at radius 2 is 1.64 bits per heavy atom. The van der Waals surface area contributed by atoms with Crippen molar-refractivity contribution in [2.24, 2.45) is 0 Å². The van der Waals surface area contributed by atoms with Crippen LogP contribution in [0.4, 0.5) is 0 Å². The summed E-state index contributed by atoms with van der Waals surface area (Å²) in [6.45, 7) is 3.87. The van der Waals surface area contributed by atoms with E-state index in [1.54, 1.807) is 32.0 Å². The predicted octanol–water partition coefficient (Wildman–Crippen LogP) is 2.51. The summed E-state index contributed by atoms with van der Waals surface area (Å²) in [4.78, 5) is 24.3. The Hall–Kier alpha value is -4.46. The summed E-state index contributed by atoms with van der Waals surface area (Å²) >= 11 is 0. The molecule has 0 spiro atoms. The summed E-state index contributed by atoms with van der Waals surface area (Å²) in [6, 6.07) is 14.0. The molecule has 0 amide bonds. The van der Waals surface area contributed by atoms with E-state index < -0.39 is 24.0 Å².